The third kappa shape index (κ3) is 6.04. The molecule has 0 saturated heterocycles. The quantitative estimate of drug-likeness (QED) is 0.273. The fourth-order valence-corrected chi connectivity index (χ4v) is 5.83. The maximum atomic E-state index is 12.6. The standard InChI is InChI=1S/C23H19Cl2N7O3S2/c24-18-12-17(37(34,35)29-16-7-9-26-10-8-16)4-5-20(18)27-22(33)13-36-23-28-30-31-32(23)21-6-3-15(11-19(21)25)14-1-2-14/h3-12,14H,1-2,13H2,(H,26,29)(H,27,33). The van der Waals surface area contributed by atoms with Gasteiger partial charge in [-0.1, -0.05) is 41.0 Å². The van der Waals surface area contributed by atoms with Gasteiger partial charge in [-0.3, -0.25) is 14.5 Å². The minimum Gasteiger partial charge on any atom is -0.324 e. The molecule has 1 amide bonds. The Morgan fingerprint density at radius 1 is 1.05 bits per heavy atom. The van der Waals surface area contributed by atoms with Crippen molar-refractivity contribution in [3.63, 3.8) is 0 Å². The molecule has 2 aromatic heterocycles. The zero-order valence-corrected chi connectivity index (χ0v) is 22.2. The molecule has 1 aliphatic carbocycles. The summed E-state index contributed by atoms with van der Waals surface area (Å²) < 4.78 is 29.2. The average molecular weight is 576 g/mol. The molecule has 14 heteroatoms. The molecule has 1 saturated carbocycles. The van der Waals surface area contributed by atoms with E-state index in [0.29, 0.717) is 27.5 Å². The number of tetrazole rings is 1. The number of anilines is 2. The van der Waals surface area contributed by atoms with Crippen LogP contribution in [0.25, 0.3) is 5.69 Å². The van der Waals surface area contributed by atoms with Crippen LogP contribution in [0.15, 0.2) is 71.0 Å². The topological polar surface area (TPSA) is 132 Å². The van der Waals surface area contributed by atoms with Crippen molar-refractivity contribution >= 4 is 62.3 Å². The minimum atomic E-state index is -3.87. The van der Waals surface area contributed by atoms with E-state index < -0.39 is 10.0 Å². The molecule has 10 nitrogen and oxygen atoms in total. The van der Waals surface area contributed by atoms with Gasteiger partial charge in [0.25, 0.3) is 10.0 Å². The fraction of sp³-hybridized carbons (Fsp3) is 0.174. The van der Waals surface area contributed by atoms with Crippen LogP contribution in [-0.2, 0) is 14.8 Å². The Morgan fingerprint density at radius 2 is 1.84 bits per heavy atom. The highest BCUT2D eigenvalue weighted by Crippen LogP contribution is 2.41. The van der Waals surface area contributed by atoms with E-state index in [1.807, 2.05) is 18.2 Å². The Kier molecular flexibility index (Phi) is 7.33. The summed E-state index contributed by atoms with van der Waals surface area (Å²) in [5.41, 5.74) is 2.45. The van der Waals surface area contributed by atoms with E-state index in [9.17, 15) is 13.2 Å². The van der Waals surface area contributed by atoms with Crippen molar-refractivity contribution in [3.05, 3.63) is 76.5 Å². The summed E-state index contributed by atoms with van der Waals surface area (Å²) in [6.07, 6.45) is 5.28. The largest absolute Gasteiger partial charge is 0.324 e. The van der Waals surface area contributed by atoms with Gasteiger partial charge in [0.2, 0.25) is 11.1 Å². The molecule has 0 spiro atoms. The van der Waals surface area contributed by atoms with Crippen LogP contribution in [-0.4, -0.2) is 45.3 Å². The van der Waals surface area contributed by atoms with Gasteiger partial charge in [-0.25, -0.2) is 8.42 Å². The number of thioether (sulfide) groups is 1. The monoisotopic (exact) mass is 575 g/mol. The van der Waals surface area contributed by atoms with Gasteiger partial charge in [-0.2, -0.15) is 4.68 Å². The van der Waals surface area contributed by atoms with Crippen molar-refractivity contribution in [1.29, 1.82) is 0 Å². The van der Waals surface area contributed by atoms with E-state index in [1.165, 1.54) is 65.8 Å². The number of hydrogen-bond donors (Lipinski definition) is 2. The molecule has 37 heavy (non-hydrogen) atoms. The number of nitrogens with zero attached hydrogens (tertiary/aromatic N) is 5. The number of aromatic nitrogens is 5. The van der Waals surface area contributed by atoms with Crippen LogP contribution < -0.4 is 10.0 Å². The number of halogens is 2. The molecule has 1 aliphatic rings. The Balaban J connectivity index is 1.22. The number of carbonyl (C=O) groups is 1. The molecule has 2 aromatic carbocycles. The first-order chi connectivity index (χ1) is 17.8. The van der Waals surface area contributed by atoms with Gasteiger partial charge in [0.05, 0.1) is 37.8 Å². The predicted molar refractivity (Wildman–Crippen MR) is 142 cm³/mol. The van der Waals surface area contributed by atoms with Gasteiger partial charge in [0.15, 0.2) is 0 Å². The van der Waals surface area contributed by atoms with Crippen LogP contribution >= 0.6 is 35.0 Å². The third-order valence-electron chi connectivity index (χ3n) is 5.48. The van der Waals surface area contributed by atoms with Crippen LogP contribution in [0.4, 0.5) is 11.4 Å². The highest BCUT2D eigenvalue weighted by molar-refractivity contribution is 7.99. The molecule has 4 aromatic rings. The van der Waals surface area contributed by atoms with Crippen LogP contribution in [0, 0.1) is 0 Å². The van der Waals surface area contributed by atoms with Crippen LogP contribution in [0.5, 0.6) is 0 Å². The van der Waals surface area contributed by atoms with Crippen LogP contribution in [0.2, 0.25) is 10.0 Å². The van der Waals surface area contributed by atoms with Crippen LogP contribution in [0.1, 0.15) is 24.3 Å². The van der Waals surface area contributed by atoms with Crippen molar-refractivity contribution in [2.45, 2.75) is 28.8 Å². The molecule has 190 valence electrons. The summed E-state index contributed by atoms with van der Waals surface area (Å²) in [7, 11) is -3.87. The third-order valence-corrected chi connectivity index (χ3v) is 8.39. The first-order valence-corrected chi connectivity index (χ1v) is 14.3. The average Bonchev–Trinajstić information content (AvgIpc) is 3.62. The highest BCUT2D eigenvalue weighted by Gasteiger charge is 2.25. The molecule has 0 radical (unpaired) electrons. The lowest BCUT2D eigenvalue weighted by molar-refractivity contribution is -0.113. The summed E-state index contributed by atoms with van der Waals surface area (Å²) in [5.74, 6) is 0.178. The first kappa shape index (κ1) is 25.5. The molecular weight excluding hydrogens is 557 g/mol. The fourth-order valence-electron chi connectivity index (χ4n) is 3.50. The molecule has 2 heterocycles. The molecule has 1 fully saturated rings. The number of nitrogens with one attached hydrogen (secondary N) is 2. The molecule has 0 atom stereocenters. The number of benzene rings is 2. The zero-order chi connectivity index (χ0) is 26.0. The highest BCUT2D eigenvalue weighted by atomic mass is 35.5. The van der Waals surface area contributed by atoms with E-state index in [0.717, 1.165) is 11.8 Å². The minimum absolute atomic E-state index is 0.0157. The molecule has 0 unspecified atom stereocenters. The second-order valence-electron chi connectivity index (χ2n) is 8.18. The SMILES string of the molecule is O=C(CSc1nnnn1-c1ccc(C2CC2)cc1Cl)Nc1ccc(S(=O)(=O)Nc2ccncc2)cc1Cl. The number of carbonyl (C=O) groups excluding carboxylic acids is 1. The molecule has 2 N–H and O–H groups in total. The van der Waals surface area contributed by atoms with E-state index in [4.69, 9.17) is 23.2 Å². The van der Waals surface area contributed by atoms with Gasteiger partial charge in [0.1, 0.15) is 0 Å². The number of hydrogen-bond acceptors (Lipinski definition) is 8. The summed E-state index contributed by atoms with van der Waals surface area (Å²) >= 11 is 13.9. The smallest absolute Gasteiger partial charge is 0.261 e. The van der Waals surface area contributed by atoms with Crippen molar-refractivity contribution < 1.29 is 13.2 Å². The maximum absolute atomic E-state index is 12.6. The van der Waals surface area contributed by atoms with Gasteiger partial charge >= 0.3 is 0 Å². The number of pyridine rings is 1. The maximum Gasteiger partial charge on any atom is 0.261 e. The van der Waals surface area contributed by atoms with E-state index in [1.54, 1.807) is 0 Å². The van der Waals surface area contributed by atoms with Gasteiger partial charge in [0, 0.05) is 12.4 Å². The second-order valence-corrected chi connectivity index (χ2v) is 11.6. The molecule has 0 bridgehead atoms. The van der Waals surface area contributed by atoms with Crippen molar-refractivity contribution in [1.82, 2.24) is 25.2 Å². The van der Waals surface area contributed by atoms with Gasteiger partial charge in [-0.15, -0.1) is 5.10 Å². The first-order valence-electron chi connectivity index (χ1n) is 11.0. The van der Waals surface area contributed by atoms with Gasteiger partial charge < -0.3 is 5.32 Å². The lowest BCUT2D eigenvalue weighted by Gasteiger charge is -2.11. The zero-order valence-electron chi connectivity index (χ0n) is 19.0. The Hall–Kier alpha value is -3.19. The predicted octanol–water partition coefficient (Wildman–Crippen LogP) is 4.77. The summed E-state index contributed by atoms with van der Waals surface area (Å²) in [6, 6.07) is 12.9. The normalized spacial score (nSPS) is 13.4. The van der Waals surface area contributed by atoms with E-state index in [2.05, 4.69) is 30.5 Å². The molecule has 0 aliphatic heterocycles. The lowest BCUT2D eigenvalue weighted by Crippen LogP contribution is -2.16. The second kappa shape index (κ2) is 10.7. The van der Waals surface area contributed by atoms with E-state index >= 15 is 0 Å². The van der Waals surface area contributed by atoms with E-state index in [-0.39, 0.29) is 27.3 Å². The molecular formula is C23H19Cl2N7O3S2. The Labute approximate surface area is 226 Å². The lowest BCUT2D eigenvalue weighted by atomic mass is 10.1. The number of rotatable bonds is 9. The summed E-state index contributed by atoms with van der Waals surface area (Å²) in [4.78, 5) is 16.4. The van der Waals surface area contributed by atoms with Crippen molar-refractivity contribution in [3.8, 4) is 5.69 Å². The van der Waals surface area contributed by atoms with Crippen LogP contribution in [0.3, 0.4) is 0 Å². The Morgan fingerprint density at radius 3 is 2.54 bits per heavy atom. The number of amides is 1. The molecule has 5 rings (SSSR count). The Bertz CT molecular complexity index is 1560. The van der Waals surface area contributed by atoms with Crippen molar-refractivity contribution in [2.24, 2.45) is 0 Å². The summed E-state index contributed by atoms with van der Waals surface area (Å²) in [5, 5.41) is 15.4. The number of sulfonamides is 1. The van der Waals surface area contributed by atoms with Crippen molar-refractivity contribution in [2.75, 3.05) is 15.8 Å². The van der Waals surface area contributed by atoms with Gasteiger partial charge in [-0.05, 0) is 77.2 Å². The summed E-state index contributed by atoms with van der Waals surface area (Å²) in [6.45, 7) is 0.